The highest BCUT2D eigenvalue weighted by Gasteiger charge is 2.16. The van der Waals surface area contributed by atoms with Crippen molar-refractivity contribution in [3.8, 4) is 11.3 Å². The second kappa shape index (κ2) is 10.6. The SMILES string of the molecule is CCCCOC(C)C(=O)NCc1cn(Cc2ccccc2)nc1-c1ccccc1. The number of amides is 1. The maximum Gasteiger partial charge on any atom is 0.249 e. The fraction of sp³-hybridized carbons (Fsp3) is 0.333. The van der Waals surface area contributed by atoms with Crippen LogP contribution in [0.2, 0.25) is 0 Å². The van der Waals surface area contributed by atoms with Crippen LogP contribution in [0.4, 0.5) is 0 Å². The molecule has 1 N–H and O–H groups in total. The maximum absolute atomic E-state index is 12.4. The largest absolute Gasteiger partial charge is 0.369 e. The Morgan fingerprint density at radius 2 is 1.79 bits per heavy atom. The fourth-order valence-corrected chi connectivity index (χ4v) is 3.09. The molecule has 2 aromatic carbocycles. The molecule has 5 heteroatoms. The summed E-state index contributed by atoms with van der Waals surface area (Å²) in [6.07, 6.45) is 3.57. The van der Waals surface area contributed by atoms with Crippen molar-refractivity contribution < 1.29 is 9.53 Å². The van der Waals surface area contributed by atoms with Gasteiger partial charge in [-0.25, -0.2) is 0 Å². The van der Waals surface area contributed by atoms with Crippen molar-refractivity contribution in [2.45, 2.75) is 45.9 Å². The zero-order valence-corrected chi connectivity index (χ0v) is 17.2. The molecule has 29 heavy (non-hydrogen) atoms. The van der Waals surface area contributed by atoms with Crippen LogP contribution in [0.25, 0.3) is 11.3 Å². The monoisotopic (exact) mass is 391 g/mol. The maximum atomic E-state index is 12.4. The number of unbranched alkanes of at least 4 members (excludes halogenated alkanes) is 1. The van der Waals surface area contributed by atoms with Gasteiger partial charge in [0, 0.05) is 30.5 Å². The number of hydrogen-bond acceptors (Lipinski definition) is 3. The molecule has 1 heterocycles. The summed E-state index contributed by atoms with van der Waals surface area (Å²) in [7, 11) is 0. The minimum atomic E-state index is -0.457. The molecule has 1 aromatic heterocycles. The van der Waals surface area contributed by atoms with E-state index in [9.17, 15) is 4.79 Å². The van der Waals surface area contributed by atoms with Crippen LogP contribution in [0.15, 0.2) is 66.9 Å². The summed E-state index contributed by atoms with van der Waals surface area (Å²) in [5.74, 6) is -0.101. The van der Waals surface area contributed by atoms with E-state index in [0.717, 1.165) is 29.7 Å². The number of carbonyl (C=O) groups is 1. The van der Waals surface area contributed by atoms with E-state index in [2.05, 4.69) is 24.4 Å². The number of rotatable bonds is 10. The van der Waals surface area contributed by atoms with Crippen LogP contribution in [0.1, 0.15) is 37.8 Å². The van der Waals surface area contributed by atoms with E-state index < -0.39 is 6.10 Å². The minimum Gasteiger partial charge on any atom is -0.369 e. The van der Waals surface area contributed by atoms with Gasteiger partial charge in [0.25, 0.3) is 0 Å². The number of hydrogen-bond donors (Lipinski definition) is 1. The van der Waals surface area contributed by atoms with Crippen LogP contribution in [0.5, 0.6) is 0 Å². The summed E-state index contributed by atoms with van der Waals surface area (Å²) in [6.45, 7) is 5.61. The summed E-state index contributed by atoms with van der Waals surface area (Å²) in [5.41, 5.74) is 4.10. The Kier molecular flexibility index (Phi) is 7.59. The first-order valence-electron chi connectivity index (χ1n) is 10.2. The van der Waals surface area contributed by atoms with Crippen LogP contribution in [-0.4, -0.2) is 28.4 Å². The zero-order chi connectivity index (χ0) is 20.5. The van der Waals surface area contributed by atoms with Crippen LogP contribution in [0, 0.1) is 0 Å². The molecule has 0 fully saturated rings. The second-order valence-corrected chi connectivity index (χ2v) is 7.14. The third-order valence-electron chi connectivity index (χ3n) is 4.76. The molecule has 0 spiro atoms. The van der Waals surface area contributed by atoms with E-state index in [1.807, 2.05) is 59.4 Å². The van der Waals surface area contributed by atoms with Crippen LogP contribution >= 0.6 is 0 Å². The van der Waals surface area contributed by atoms with Gasteiger partial charge in [-0.3, -0.25) is 9.48 Å². The standard InChI is InChI=1S/C24H29N3O2/c1-3-4-15-29-19(2)24(28)25-16-22-18-27(17-20-11-7-5-8-12-20)26-23(22)21-13-9-6-10-14-21/h5-14,18-19H,3-4,15-17H2,1-2H3,(H,25,28). The molecule has 0 aliphatic carbocycles. The molecule has 0 bridgehead atoms. The molecule has 1 atom stereocenters. The summed E-state index contributed by atoms with van der Waals surface area (Å²) in [5, 5.41) is 7.79. The average molecular weight is 392 g/mol. The van der Waals surface area contributed by atoms with Crippen LogP contribution in [0.3, 0.4) is 0 Å². The highest BCUT2D eigenvalue weighted by molar-refractivity contribution is 5.80. The Balaban J connectivity index is 1.73. The Hall–Kier alpha value is -2.92. The Labute approximate surface area is 172 Å². The van der Waals surface area contributed by atoms with Crippen molar-refractivity contribution in [3.63, 3.8) is 0 Å². The molecule has 1 unspecified atom stereocenters. The summed E-state index contributed by atoms with van der Waals surface area (Å²) in [4.78, 5) is 12.4. The van der Waals surface area contributed by atoms with Crippen molar-refractivity contribution in [2.24, 2.45) is 0 Å². The lowest BCUT2D eigenvalue weighted by Gasteiger charge is -2.13. The van der Waals surface area contributed by atoms with E-state index in [1.54, 1.807) is 6.92 Å². The number of benzene rings is 2. The molecular weight excluding hydrogens is 362 g/mol. The number of ether oxygens (including phenoxy) is 1. The first kappa shape index (κ1) is 20.8. The first-order valence-corrected chi connectivity index (χ1v) is 10.2. The Morgan fingerprint density at radius 3 is 2.48 bits per heavy atom. The van der Waals surface area contributed by atoms with Gasteiger partial charge >= 0.3 is 0 Å². The third-order valence-corrected chi connectivity index (χ3v) is 4.76. The lowest BCUT2D eigenvalue weighted by Crippen LogP contribution is -2.34. The fourth-order valence-electron chi connectivity index (χ4n) is 3.09. The predicted octanol–water partition coefficient (Wildman–Crippen LogP) is 4.42. The van der Waals surface area contributed by atoms with Gasteiger partial charge < -0.3 is 10.1 Å². The van der Waals surface area contributed by atoms with Crippen LogP contribution < -0.4 is 5.32 Å². The molecule has 3 aromatic rings. The van der Waals surface area contributed by atoms with Crippen LogP contribution in [-0.2, 0) is 22.6 Å². The summed E-state index contributed by atoms with van der Waals surface area (Å²) in [6, 6.07) is 20.3. The Morgan fingerprint density at radius 1 is 1.10 bits per heavy atom. The molecule has 5 nitrogen and oxygen atoms in total. The first-order chi connectivity index (χ1) is 14.2. The van der Waals surface area contributed by atoms with E-state index in [-0.39, 0.29) is 5.91 Å². The minimum absolute atomic E-state index is 0.101. The van der Waals surface area contributed by atoms with Crippen molar-refractivity contribution in [3.05, 3.63) is 78.0 Å². The average Bonchev–Trinajstić information content (AvgIpc) is 3.16. The molecule has 1 amide bonds. The van der Waals surface area contributed by atoms with Crippen molar-refractivity contribution in [1.82, 2.24) is 15.1 Å². The lowest BCUT2D eigenvalue weighted by atomic mass is 10.1. The predicted molar refractivity (Wildman–Crippen MR) is 115 cm³/mol. The summed E-state index contributed by atoms with van der Waals surface area (Å²) >= 11 is 0. The van der Waals surface area contributed by atoms with Gasteiger partial charge in [-0.2, -0.15) is 5.10 Å². The highest BCUT2D eigenvalue weighted by atomic mass is 16.5. The van der Waals surface area contributed by atoms with Gasteiger partial charge in [0.15, 0.2) is 0 Å². The van der Waals surface area contributed by atoms with Gasteiger partial charge in [0.2, 0.25) is 5.91 Å². The smallest absolute Gasteiger partial charge is 0.249 e. The second-order valence-electron chi connectivity index (χ2n) is 7.14. The third kappa shape index (κ3) is 6.03. The van der Waals surface area contributed by atoms with Gasteiger partial charge in [0.05, 0.1) is 12.2 Å². The molecule has 152 valence electrons. The van der Waals surface area contributed by atoms with E-state index >= 15 is 0 Å². The van der Waals surface area contributed by atoms with Gasteiger partial charge in [-0.1, -0.05) is 74.0 Å². The molecular formula is C24H29N3O2. The van der Waals surface area contributed by atoms with Gasteiger partial charge in [-0.05, 0) is 18.9 Å². The highest BCUT2D eigenvalue weighted by Crippen LogP contribution is 2.22. The lowest BCUT2D eigenvalue weighted by molar-refractivity contribution is -0.131. The molecule has 0 saturated carbocycles. The van der Waals surface area contributed by atoms with Crippen molar-refractivity contribution in [2.75, 3.05) is 6.61 Å². The molecule has 0 aliphatic rings. The Bertz CT molecular complexity index is 891. The van der Waals surface area contributed by atoms with Gasteiger partial charge in [-0.15, -0.1) is 0 Å². The quantitative estimate of drug-likeness (QED) is 0.521. The zero-order valence-electron chi connectivity index (χ0n) is 17.2. The number of carbonyl (C=O) groups excluding carboxylic acids is 1. The molecule has 0 aliphatic heterocycles. The van der Waals surface area contributed by atoms with E-state index in [0.29, 0.717) is 19.7 Å². The van der Waals surface area contributed by atoms with E-state index in [1.165, 1.54) is 5.56 Å². The van der Waals surface area contributed by atoms with Crippen molar-refractivity contribution in [1.29, 1.82) is 0 Å². The number of aromatic nitrogens is 2. The summed E-state index contributed by atoms with van der Waals surface area (Å²) < 4.78 is 7.53. The van der Waals surface area contributed by atoms with Gasteiger partial charge in [0.1, 0.15) is 6.10 Å². The molecule has 0 radical (unpaired) electrons. The van der Waals surface area contributed by atoms with E-state index in [4.69, 9.17) is 9.84 Å². The van der Waals surface area contributed by atoms with Crippen molar-refractivity contribution >= 4 is 5.91 Å². The molecule has 0 saturated heterocycles. The number of nitrogens with one attached hydrogen (secondary N) is 1. The topological polar surface area (TPSA) is 56.1 Å². The number of nitrogens with zero attached hydrogens (tertiary/aromatic N) is 2. The molecule has 3 rings (SSSR count). The normalized spacial score (nSPS) is 11.9.